The molecule has 0 fully saturated rings. The quantitative estimate of drug-likeness (QED) is 0.487. The molecular weight excluding hydrogens is 272 g/mol. The van der Waals surface area contributed by atoms with E-state index < -0.39 is 0 Å². The third-order valence-corrected chi connectivity index (χ3v) is 3.55. The van der Waals surface area contributed by atoms with Crippen LogP contribution in [0.15, 0.2) is 35.5 Å². The highest BCUT2D eigenvalue weighted by Gasteiger charge is 2.13. The monoisotopic (exact) mass is 290 g/mol. The van der Waals surface area contributed by atoms with Crippen molar-refractivity contribution < 1.29 is 4.74 Å². The molecule has 106 valence electrons. The number of ether oxygens (including phenoxy) is 1. The van der Waals surface area contributed by atoms with Gasteiger partial charge in [-0.25, -0.2) is 0 Å². The Kier molecular flexibility index (Phi) is 4.68. The number of aromatic nitrogens is 2. The predicted molar refractivity (Wildman–Crippen MR) is 81.8 cm³/mol. The lowest BCUT2D eigenvalue weighted by Crippen LogP contribution is -2.13. The third kappa shape index (κ3) is 3.14. The van der Waals surface area contributed by atoms with E-state index in [9.17, 15) is 0 Å². The number of amidine groups is 1. The first kappa shape index (κ1) is 14.5. The number of nitrogens with zero attached hydrogens (tertiary/aromatic N) is 2. The maximum absolute atomic E-state index is 7.72. The molecule has 0 bridgehead atoms. The van der Waals surface area contributed by atoms with E-state index in [1.54, 1.807) is 18.0 Å². The molecule has 6 heteroatoms. The second-order valence-electron chi connectivity index (χ2n) is 4.29. The van der Waals surface area contributed by atoms with E-state index >= 15 is 0 Å². The number of nitrogens with two attached hydrogens (primary N) is 1. The van der Waals surface area contributed by atoms with Crippen molar-refractivity contribution in [3.63, 3.8) is 0 Å². The summed E-state index contributed by atoms with van der Waals surface area (Å²) >= 11 is 1.54. The van der Waals surface area contributed by atoms with Gasteiger partial charge < -0.3 is 10.5 Å². The maximum atomic E-state index is 7.72. The van der Waals surface area contributed by atoms with Crippen molar-refractivity contribution in [1.29, 1.82) is 5.41 Å². The molecule has 1 heterocycles. The molecule has 3 N–H and O–H groups in total. The number of rotatable bonds is 6. The van der Waals surface area contributed by atoms with Gasteiger partial charge in [-0.2, -0.15) is 5.10 Å². The molecule has 0 atom stereocenters. The molecule has 2 aromatic rings. The summed E-state index contributed by atoms with van der Waals surface area (Å²) in [5.74, 6) is 1.24. The molecule has 2 rings (SSSR count). The number of benzene rings is 1. The van der Waals surface area contributed by atoms with Gasteiger partial charge in [-0.05, 0) is 24.8 Å². The van der Waals surface area contributed by atoms with E-state index in [1.165, 1.54) is 0 Å². The predicted octanol–water partition coefficient (Wildman–Crippen LogP) is 3.09. The largest absolute Gasteiger partial charge is 0.453 e. The second kappa shape index (κ2) is 6.47. The average molecular weight is 290 g/mol. The van der Waals surface area contributed by atoms with Gasteiger partial charge in [0.05, 0.1) is 18.0 Å². The van der Waals surface area contributed by atoms with Gasteiger partial charge in [0.15, 0.2) is 5.75 Å². The van der Waals surface area contributed by atoms with Crippen LogP contribution < -0.4 is 10.5 Å². The molecule has 0 saturated heterocycles. The molecular formula is C14H18N4OS. The number of aryl methyl sites for hydroxylation is 1. The molecule has 0 saturated carbocycles. The van der Waals surface area contributed by atoms with Crippen LogP contribution >= 0.6 is 11.8 Å². The van der Waals surface area contributed by atoms with Crippen molar-refractivity contribution in [3.8, 4) is 11.5 Å². The topological polar surface area (TPSA) is 76.9 Å². The fourth-order valence-electron chi connectivity index (χ4n) is 1.91. The van der Waals surface area contributed by atoms with Gasteiger partial charge in [0.1, 0.15) is 11.6 Å². The van der Waals surface area contributed by atoms with Crippen molar-refractivity contribution >= 4 is 17.6 Å². The average Bonchev–Trinajstić information content (AvgIpc) is 2.86. The number of nitrogen functional groups attached to an aromatic ring is 1. The Morgan fingerprint density at radius 1 is 1.50 bits per heavy atom. The Hall–Kier alpha value is -1.95. The lowest BCUT2D eigenvalue weighted by atomic mass is 10.2. The Morgan fingerprint density at radius 3 is 2.95 bits per heavy atom. The molecule has 20 heavy (non-hydrogen) atoms. The SMILES string of the molecule is CCCn1cc(Oc2cccc(SC)c2C(=N)N)cn1. The number of hydrogen-bond donors (Lipinski definition) is 2. The first-order chi connectivity index (χ1) is 9.65. The summed E-state index contributed by atoms with van der Waals surface area (Å²) in [6, 6.07) is 5.63. The van der Waals surface area contributed by atoms with Crippen LogP contribution in [0, 0.1) is 5.41 Å². The van der Waals surface area contributed by atoms with E-state index in [1.807, 2.05) is 35.3 Å². The van der Waals surface area contributed by atoms with Crippen molar-refractivity contribution in [1.82, 2.24) is 9.78 Å². The van der Waals surface area contributed by atoms with Crippen LogP contribution in [0.2, 0.25) is 0 Å². The van der Waals surface area contributed by atoms with Crippen LogP contribution in [0.3, 0.4) is 0 Å². The zero-order valence-electron chi connectivity index (χ0n) is 11.6. The van der Waals surface area contributed by atoms with E-state index in [4.69, 9.17) is 15.9 Å². The van der Waals surface area contributed by atoms with E-state index in [2.05, 4.69) is 12.0 Å². The van der Waals surface area contributed by atoms with Crippen LogP contribution in [0.5, 0.6) is 11.5 Å². The van der Waals surface area contributed by atoms with Gasteiger partial charge in [0.2, 0.25) is 0 Å². The number of hydrogen-bond acceptors (Lipinski definition) is 4. The highest BCUT2D eigenvalue weighted by atomic mass is 32.2. The Morgan fingerprint density at radius 2 is 2.30 bits per heavy atom. The van der Waals surface area contributed by atoms with E-state index in [0.717, 1.165) is 17.9 Å². The van der Waals surface area contributed by atoms with Crippen LogP contribution in [-0.4, -0.2) is 21.9 Å². The van der Waals surface area contributed by atoms with Gasteiger partial charge in [0, 0.05) is 11.4 Å². The van der Waals surface area contributed by atoms with Gasteiger partial charge in [0.25, 0.3) is 0 Å². The second-order valence-corrected chi connectivity index (χ2v) is 5.14. The molecule has 0 aliphatic rings. The molecule has 0 spiro atoms. The fourth-order valence-corrected chi connectivity index (χ4v) is 2.54. The van der Waals surface area contributed by atoms with Gasteiger partial charge in [-0.3, -0.25) is 10.1 Å². The third-order valence-electron chi connectivity index (χ3n) is 2.77. The van der Waals surface area contributed by atoms with Gasteiger partial charge in [-0.1, -0.05) is 13.0 Å². The smallest absolute Gasteiger partial charge is 0.165 e. The first-order valence-electron chi connectivity index (χ1n) is 6.37. The van der Waals surface area contributed by atoms with Crippen LogP contribution in [-0.2, 0) is 6.54 Å². The lowest BCUT2D eigenvalue weighted by molar-refractivity contribution is 0.478. The minimum Gasteiger partial charge on any atom is -0.453 e. The zero-order chi connectivity index (χ0) is 14.5. The van der Waals surface area contributed by atoms with Crippen LogP contribution in [0.4, 0.5) is 0 Å². The van der Waals surface area contributed by atoms with Gasteiger partial charge >= 0.3 is 0 Å². The summed E-state index contributed by atoms with van der Waals surface area (Å²) in [5, 5.41) is 11.9. The highest BCUT2D eigenvalue weighted by molar-refractivity contribution is 7.98. The van der Waals surface area contributed by atoms with Crippen molar-refractivity contribution in [2.45, 2.75) is 24.8 Å². The minimum absolute atomic E-state index is 0.00546. The summed E-state index contributed by atoms with van der Waals surface area (Å²) in [6.45, 7) is 2.95. The van der Waals surface area contributed by atoms with Crippen LogP contribution in [0.1, 0.15) is 18.9 Å². The van der Waals surface area contributed by atoms with Crippen molar-refractivity contribution in [2.24, 2.45) is 5.73 Å². The molecule has 5 nitrogen and oxygen atoms in total. The Labute approximate surface area is 122 Å². The standard InChI is InChI=1S/C14H18N4OS/c1-3-7-18-9-10(8-17-18)19-11-5-4-6-12(20-2)13(11)14(15)16/h4-6,8-9H,3,7H2,1-2H3,(H3,15,16). The summed E-state index contributed by atoms with van der Waals surface area (Å²) in [7, 11) is 0. The van der Waals surface area contributed by atoms with E-state index in [0.29, 0.717) is 17.1 Å². The molecule has 0 aliphatic heterocycles. The van der Waals surface area contributed by atoms with Crippen molar-refractivity contribution in [2.75, 3.05) is 6.26 Å². The summed E-state index contributed by atoms with van der Waals surface area (Å²) < 4.78 is 7.66. The summed E-state index contributed by atoms with van der Waals surface area (Å²) in [4.78, 5) is 0.927. The fraction of sp³-hybridized carbons (Fsp3) is 0.286. The van der Waals surface area contributed by atoms with E-state index in [-0.39, 0.29) is 5.84 Å². The molecule has 0 aliphatic carbocycles. The molecule has 0 radical (unpaired) electrons. The van der Waals surface area contributed by atoms with Gasteiger partial charge in [-0.15, -0.1) is 11.8 Å². The zero-order valence-corrected chi connectivity index (χ0v) is 12.4. The van der Waals surface area contributed by atoms with Crippen LogP contribution in [0.25, 0.3) is 0 Å². The summed E-state index contributed by atoms with van der Waals surface area (Å²) in [5.41, 5.74) is 6.29. The number of thioether (sulfide) groups is 1. The maximum Gasteiger partial charge on any atom is 0.165 e. The molecule has 0 amide bonds. The normalized spacial score (nSPS) is 10.5. The molecule has 0 unspecified atom stereocenters. The lowest BCUT2D eigenvalue weighted by Gasteiger charge is -2.12. The highest BCUT2D eigenvalue weighted by Crippen LogP contribution is 2.31. The number of nitrogens with one attached hydrogen (secondary N) is 1. The molecule has 1 aromatic heterocycles. The molecule has 1 aromatic carbocycles. The van der Waals surface area contributed by atoms with Crippen molar-refractivity contribution in [3.05, 3.63) is 36.2 Å². The summed E-state index contributed by atoms with van der Waals surface area (Å²) in [6.07, 6.45) is 6.48. The minimum atomic E-state index is 0.00546. The first-order valence-corrected chi connectivity index (χ1v) is 7.60. The Balaban J connectivity index is 2.30. The Bertz CT molecular complexity index is 609.